The first-order valence-corrected chi connectivity index (χ1v) is 6.73. The molecule has 0 saturated heterocycles. The Labute approximate surface area is 122 Å². The lowest BCUT2D eigenvalue weighted by atomic mass is 10.0. The zero-order valence-electron chi connectivity index (χ0n) is 11.9. The van der Waals surface area contributed by atoms with E-state index in [-0.39, 0.29) is 5.78 Å². The van der Waals surface area contributed by atoms with Crippen molar-refractivity contribution in [2.24, 2.45) is 0 Å². The van der Waals surface area contributed by atoms with E-state index in [1.165, 1.54) is 12.1 Å². The Morgan fingerprint density at radius 3 is 2.57 bits per heavy atom. The molecule has 2 aromatic carbocycles. The number of rotatable bonds is 2. The van der Waals surface area contributed by atoms with Gasteiger partial charge in [-0.3, -0.25) is 4.79 Å². The van der Waals surface area contributed by atoms with Gasteiger partial charge in [-0.15, -0.1) is 0 Å². The number of hydrogen-bond acceptors (Lipinski definition) is 2. The quantitative estimate of drug-likeness (QED) is 0.657. The van der Waals surface area contributed by atoms with Crippen molar-refractivity contribution in [1.29, 1.82) is 0 Å². The van der Waals surface area contributed by atoms with Gasteiger partial charge < -0.3 is 0 Å². The number of halogens is 1. The van der Waals surface area contributed by atoms with Crippen LogP contribution in [-0.2, 0) is 0 Å². The van der Waals surface area contributed by atoms with E-state index in [1.54, 1.807) is 19.1 Å². The van der Waals surface area contributed by atoms with E-state index in [4.69, 9.17) is 0 Å². The Morgan fingerprint density at radius 1 is 1.05 bits per heavy atom. The molecular weight excluding hydrogens is 265 g/mol. The highest BCUT2D eigenvalue weighted by molar-refractivity contribution is 6.09. The number of fused-ring (bicyclic) bond motifs is 1. The lowest BCUT2D eigenvalue weighted by Gasteiger charge is -2.06. The van der Waals surface area contributed by atoms with Crippen LogP contribution in [0.2, 0.25) is 0 Å². The first-order chi connectivity index (χ1) is 10.0. The topological polar surface area (TPSA) is 30.0 Å². The lowest BCUT2D eigenvalue weighted by molar-refractivity contribution is 0.103. The number of ketones is 1. The fourth-order valence-electron chi connectivity index (χ4n) is 2.48. The molecule has 3 aromatic rings. The molecule has 1 heterocycles. The summed E-state index contributed by atoms with van der Waals surface area (Å²) in [5.74, 6) is -0.665. The Hall–Kier alpha value is -2.55. The molecule has 0 N–H and O–H groups in total. The van der Waals surface area contributed by atoms with Crippen LogP contribution in [0.25, 0.3) is 10.9 Å². The van der Waals surface area contributed by atoms with Gasteiger partial charge in [0.25, 0.3) is 0 Å². The zero-order chi connectivity index (χ0) is 15.0. The highest BCUT2D eigenvalue weighted by Crippen LogP contribution is 2.20. The summed E-state index contributed by atoms with van der Waals surface area (Å²) in [6, 6.07) is 13.7. The summed E-state index contributed by atoms with van der Waals surface area (Å²) in [7, 11) is 0. The summed E-state index contributed by atoms with van der Waals surface area (Å²) in [6.45, 7) is 3.70. The minimum absolute atomic E-state index is 0.258. The van der Waals surface area contributed by atoms with Gasteiger partial charge in [0.15, 0.2) is 0 Å². The highest BCUT2D eigenvalue weighted by atomic mass is 19.1. The van der Waals surface area contributed by atoms with Crippen LogP contribution in [-0.4, -0.2) is 10.8 Å². The molecule has 0 aliphatic heterocycles. The van der Waals surface area contributed by atoms with Gasteiger partial charge in [0.05, 0.1) is 5.52 Å². The Balaban J connectivity index is 2.13. The van der Waals surface area contributed by atoms with E-state index in [1.807, 2.05) is 31.2 Å². The van der Waals surface area contributed by atoms with Gasteiger partial charge in [0.2, 0.25) is 5.78 Å². The second-order valence-corrected chi connectivity index (χ2v) is 5.19. The molecule has 0 fully saturated rings. The van der Waals surface area contributed by atoms with Crippen LogP contribution in [0.15, 0.2) is 48.5 Å². The predicted molar refractivity (Wildman–Crippen MR) is 81.0 cm³/mol. The SMILES string of the molecule is Cc1cc(F)cc(C(=O)c2cc(C)c3ccccc3n2)c1. The normalized spacial score (nSPS) is 10.8. The molecule has 0 saturated carbocycles. The van der Waals surface area contributed by atoms with Crippen LogP contribution in [0.4, 0.5) is 4.39 Å². The number of para-hydroxylation sites is 1. The molecule has 21 heavy (non-hydrogen) atoms. The van der Waals surface area contributed by atoms with Gasteiger partial charge >= 0.3 is 0 Å². The van der Waals surface area contributed by atoms with Crippen LogP contribution in [0.5, 0.6) is 0 Å². The van der Waals surface area contributed by atoms with Crippen molar-refractivity contribution in [3.05, 3.63) is 76.7 Å². The van der Waals surface area contributed by atoms with Crippen LogP contribution in [0.1, 0.15) is 27.2 Å². The molecule has 0 atom stereocenters. The van der Waals surface area contributed by atoms with Crippen LogP contribution < -0.4 is 0 Å². The van der Waals surface area contributed by atoms with E-state index in [2.05, 4.69) is 4.98 Å². The van der Waals surface area contributed by atoms with E-state index in [9.17, 15) is 9.18 Å². The third kappa shape index (κ3) is 2.55. The number of aryl methyl sites for hydroxylation is 2. The maximum Gasteiger partial charge on any atom is 0.211 e. The fourth-order valence-corrected chi connectivity index (χ4v) is 2.48. The number of pyridine rings is 1. The predicted octanol–water partition coefficient (Wildman–Crippen LogP) is 4.22. The van der Waals surface area contributed by atoms with E-state index < -0.39 is 5.82 Å². The van der Waals surface area contributed by atoms with Crippen LogP contribution in [0.3, 0.4) is 0 Å². The van der Waals surface area contributed by atoms with E-state index in [0.29, 0.717) is 11.3 Å². The molecule has 0 aliphatic rings. The Morgan fingerprint density at radius 2 is 1.81 bits per heavy atom. The molecule has 0 radical (unpaired) electrons. The first-order valence-electron chi connectivity index (χ1n) is 6.73. The van der Waals surface area contributed by atoms with Crippen molar-refractivity contribution in [1.82, 2.24) is 4.98 Å². The number of benzene rings is 2. The van der Waals surface area contributed by atoms with Crippen molar-refractivity contribution < 1.29 is 9.18 Å². The number of carbonyl (C=O) groups excluding carboxylic acids is 1. The van der Waals surface area contributed by atoms with Gasteiger partial charge in [0.1, 0.15) is 11.5 Å². The molecule has 1 aromatic heterocycles. The Kier molecular flexibility index (Phi) is 3.26. The number of aromatic nitrogens is 1. The smallest absolute Gasteiger partial charge is 0.211 e. The van der Waals surface area contributed by atoms with Crippen molar-refractivity contribution >= 4 is 16.7 Å². The van der Waals surface area contributed by atoms with Gasteiger partial charge in [-0.05, 0) is 55.3 Å². The number of nitrogens with zero attached hydrogens (tertiary/aromatic N) is 1. The van der Waals surface area contributed by atoms with Gasteiger partial charge in [-0.1, -0.05) is 18.2 Å². The molecule has 104 valence electrons. The molecule has 0 unspecified atom stereocenters. The average molecular weight is 279 g/mol. The lowest BCUT2D eigenvalue weighted by Crippen LogP contribution is -2.06. The summed E-state index contributed by atoms with van der Waals surface area (Å²) in [5, 5.41) is 1.02. The minimum atomic E-state index is -0.407. The van der Waals surface area contributed by atoms with Crippen molar-refractivity contribution in [2.75, 3.05) is 0 Å². The summed E-state index contributed by atoms with van der Waals surface area (Å²) >= 11 is 0. The molecule has 0 bridgehead atoms. The zero-order valence-corrected chi connectivity index (χ0v) is 11.9. The largest absolute Gasteiger partial charge is 0.287 e. The Bertz CT molecular complexity index is 835. The monoisotopic (exact) mass is 279 g/mol. The molecule has 0 spiro atoms. The maximum absolute atomic E-state index is 13.5. The molecule has 0 aliphatic carbocycles. The third-order valence-electron chi connectivity index (χ3n) is 3.46. The standard InChI is InChI=1S/C18H14FNO/c1-11-7-13(10-14(19)8-11)18(21)17-9-12(2)15-5-3-4-6-16(15)20-17/h3-10H,1-2H3. The third-order valence-corrected chi connectivity index (χ3v) is 3.46. The number of carbonyl (C=O) groups is 1. The fraction of sp³-hybridized carbons (Fsp3) is 0.111. The summed E-state index contributed by atoms with van der Waals surface area (Å²) in [5.41, 5.74) is 3.15. The van der Waals surface area contributed by atoms with Crippen molar-refractivity contribution in [2.45, 2.75) is 13.8 Å². The summed E-state index contributed by atoms with van der Waals surface area (Å²) in [4.78, 5) is 16.9. The van der Waals surface area contributed by atoms with Gasteiger partial charge in [0, 0.05) is 10.9 Å². The first kappa shape index (κ1) is 13.4. The van der Waals surface area contributed by atoms with E-state index in [0.717, 1.165) is 22.0 Å². The van der Waals surface area contributed by atoms with Gasteiger partial charge in [-0.25, -0.2) is 9.37 Å². The summed E-state index contributed by atoms with van der Waals surface area (Å²) in [6.07, 6.45) is 0. The molecule has 3 heteroatoms. The molecule has 0 amide bonds. The average Bonchev–Trinajstić information content (AvgIpc) is 2.45. The highest BCUT2D eigenvalue weighted by Gasteiger charge is 2.14. The minimum Gasteiger partial charge on any atom is -0.287 e. The maximum atomic E-state index is 13.5. The molecule has 2 nitrogen and oxygen atoms in total. The summed E-state index contributed by atoms with van der Waals surface area (Å²) < 4.78 is 13.5. The second-order valence-electron chi connectivity index (χ2n) is 5.19. The van der Waals surface area contributed by atoms with Crippen LogP contribution in [0, 0.1) is 19.7 Å². The van der Waals surface area contributed by atoms with Crippen molar-refractivity contribution in [3.8, 4) is 0 Å². The number of hydrogen-bond donors (Lipinski definition) is 0. The second kappa shape index (κ2) is 5.09. The van der Waals surface area contributed by atoms with Crippen molar-refractivity contribution in [3.63, 3.8) is 0 Å². The molecule has 3 rings (SSSR count). The van der Waals surface area contributed by atoms with E-state index >= 15 is 0 Å². The molecular formula is C18H14FNO. The van der Waals surface area contributed by atoms with Crippen LogP contribution >= 0.6 is 0 Å². The van der Waals surface area contributed by atoms with Gasteiger partial charge in [-0.2, -0.15) is 0 Å².